The van der Waals surface area contributed by atoms with Crippen LogP contribution in [0.15, 0.2) is 4.99 Å². The van der Waals surface area contributed by atoms with Crippen molar-refractivity contribution in [3.05, 3.63) is 0 Å². The fourth-order valence-electron chi connectivity index (χ4n) is 1.20. The van der Waals surface area contributed by atoms with Crippen LogP contribution in [0.4, 0.5) is 0 Å². The summed E-state index contributed by atoms with van der Waals surface area (Å²) >= 11 is 0. The van der Waals surface area contributed by atoms with Crippen LogP contribution in [0.3, 0.4) is 0 Å². The number of rotatable bonds is 1. The molecule has 1 N–H and O–H groups in total. The molecule has 0 aromatic rings. The Hall–Kier alpha value is -0.660. The Bertz CT molecular complexity index is 129. The van der Waals surface area contributed by atoms with Gasteiger partial charge in [0.2, 0.25) is 0 Å². The molecule has 9 heavy (non-hydrogen) atoms. The van der Waals surface area contributed by atoms with Gasteiger partial charge in [-0.05, 0) is 26.0 Å². The van der Waals surface area contributed by atoms with E-state index in [1.54, 1.807) is 0 Å². The van der Waals surface area contributed by atoms with Crippen molar-refractivity contribution in [2.45, 2.75) is 31.7 Å². The number of nitrogens with zero attached hydrogens (tertiary/aromatic N) is 1. The third-order valence-corrected chi connectivity index (χ3v) is 1.80. The van der Waals surface area contributed by atoms with E-state index in [1.165, 1.54) is 12.8 Å². The lowest BCUT2D eigenvalue weighted by Crippen LogP contribution is -2.21. The molecule has 1 fully saturated rings. The zero-order chi connectivity index (χ0) is 6.69. The van der Waals surface area contributed by atoms with Gasteiger partial charge in [-0.15, -0.1) is 0 Å². The van der Waals surface area contributed by atoms with Crippen molar-refractivity contribution >= 4 is 12.4 Å². The first-order chi connectivity index (χ1) is 4.34. The van der Waals surface area contributed by atoms with Crippen molar-refractivity contribution in [2.24, 2.45) is 4.99 Å². The molecule has 1 atom stereocenters. The normalized spacial score (nSPS) is 28.0. The molecular weight excluding hydrogens is 112 g/mol. The second kappa shape index (κ2) is 2.76. The number of hydrogen-bond acceptors (Lipinski definition) is 2. The van der Waals surface area contributed by atoms with Gasteiger partial charge in [-0.3, -0.25) is 4.99 Å². The summed E-state index contributed by atoms with van der Waals surface area (Å²) in [6.45, 7) is 3.44. The van der Waals surface area contributed by atoms with Gasteiger partial charge in [0.1, 0.15) is 0 Å². The minimum atomic E-state index is 0.152. The third-order valence-electron chi connectivity index (χ3n) is 1.80. The molecule has 0 unspecified atom stereocenters. The van der Waals surface area contributed by atoms with Crippen LogP contribution >= 0.6 is 0 Å². The molecule has 1 aliphatic rings. The molecule has 1 aliphatic carbocycles. The molecule has 50 valence electrons. The highest BCUT2D eigenvalue weighted by Crippen LogP contribution is 2.16. The average Bonchev–Trinajstić information content (AvgIpc) is 1.89. The van der Waals surface area contributed by atoms with Gasteiger partial charge in [0.05, 0.1) is 6.04 Å². The summed E-state index contributed by atoms with van der Waals surface area (Å²) in [6, 6.07) is 0.152. The third kappa shape index (κ3) is 1.37. The molecule has 0 aromatic carbocycles. The van der Waals surface area contributed by atoms with E-state index >= 15 is 0 Å². The molecule has 0 radical (unpaired) electrons. The molecule has 2 nitrogen and oxygen atoms in total. The predicted octanol–water partition coefficient (Wildman–Crippen LogP) is 1.65. The molecule has 0 aliphatic heterocycles. The van der Waals surface area contributed by atoms with E-state index in [9.17, 15) is 0 Å². The standard InChI is InChI=1S/C7H12N2/c1-9-7-5-3-2-4-6(7)8/h7-8H,1-5H2/t7-/m1/s1. The van der Waals surface area contributed by atoms with Crippen LogP contribution in [0, 0.1) is 5.41 Å². The Kier molecular flexibility index (Phi) is 1.98. The molecule has 1 saturated carbocycles. The van der Waals surface area contributed by atoms with Gasteiger partial charge in [-0.1, -0.05) is 6.42 Å². The van der Waals surface area contributed by atoms with Gasteiger partial charge >= 0.3 is 0 Å². The SMILES string of the molecule is C=N[C@@H]1CCCCC1=N. The molecule has 0 amide bonds. The fraction of sp³-hybridized carbons (Fsp3) is 0.714. The van der Waals surface area contributed by atoms with E-state index in [0.29, 0.717) is 0 Å². The molecule has 0 bridgehead atoms. The maximum absolute atomic E-state index is 7.41. The topological polar surface area (TPSA) is 36.2 Å². The Morgan fingerprint density at radius 3 is 2.78 bits per heavy atom. The molecule has 0 spiro atoms. The zero-order valence-electron chi connectivity index (χ0n) is 5.56. The van der Waals surface area contributed by atoms with Crippen molar-refractivity contribution < 1.29 is 0 Å². The highest BCUT2D eigenvalue weighted by molar-refractivity contribution is 5.87. The van der Waals surface area contributed by atoms with Gasteiger partial charge in [0, 0.05) is 5.71 Å². The Balaban J connectivity index is 2.48. The summed E-state index contributed by atoms with van der Waals surface area (Å²) in [5.41, 5.74) is 0.774. The summed E-state index contributed by atoms with van der Waals surface area (Å²) in [4.78, 5) is 3.85. The van der Waals surface area contributed by atoms with Crippen molar-refractivity contribution in [3.8, 4) is 0 Å². The van der Waals surface area contributed by atoms with E-state index in [4.69, 9.17) is 5.41 Å². The Morgan fingerprint density at radius 2 is 2.33 bits per heavy atom. The second-order valence-electron chi connectivity index (χ2n) is 2.47. The first-order valence-electron chi connectivity index (χ1n) is 3.37. The van der Waals surface area contributed by atoms with Gasteiger partial charge in [-0.2, -0.15) is 0 Å². The minimum Gasteiger partial charge on any atom is -0.307 e. The number of nitrogens with one attached hydrogen (secondary N) is 1. The number of aliphatic imine (C=N–C) groups is 1. The smallest absolute Gasteiger partial charge is 0.0866 e. The van der Waals surface area contributed by atoms with Crippen LogP contribution in [0.2, 0.25) is 0 Å². The average molecular weight is 124 g/mol. The summed E-state index contributed by atoms with van der Waals surface area (Å²) in [7, 11) is 0. The highest BCUT2D eigenvalue weighted by Gasteiger charge is 2.15. The quantitative estimate of drug-likeness (QED) is 0.516. The van der Waals surface area contributed by atoms with Crippen molar-refractivity contribution in [1.82, 2.24) is 0 Å². The van der Waals surface area contributed by atoms with Crippen LogP contribution in [0.5, 0.6) is 0 Å². The van der Waals surface area contributed by atoms with Crippen LogP contribution < -0.4 is 0 Å². The molecule has 2 heteroatoms. The summed E-state index contributed by atoms with van der Waals surface area (Å²) in [5, 5.41) is 7.41. The molecule has 0 aromatic heterocycles. The highest BCUT2D eigenvalue weighted by atomic mass is 14.8. The summed E-state index contributed by atoms with van der Waals surface area (Å²) in [6.07, 6.45) is 4.36. The van der Waals surface area contributed by atoms with Crippen LogP contribution in [-0.4, -0.2) is 18.5 Å². The van der Waals surface area contributed by atoms with Gasteiger partial charge in [-0.25, -0.2) is 0 Å². The minimum absolute atomic E-state index is 0.152. The maximum Gasteiger partial charge on any atom is 0.0866 e. The van der Waals surface area contributed by atoms with Gasteiger partial charge < -0.3 is 5.41 Å². The molecule has 1 rings (SSSR count). The monoisotopic (exact) mass is 124 g/mol. The molecule has 0 saturated heterocycles. The van der Waals surface area contributed by atoms with Crippen LogP contribution in [0.25, 0.3) is 0 Å². The fourth-order valence-corrected chi connectivity index (χ4v) is 1.20. The lowest BCUT2D eigenvalue weighted by atomic mass is 9.94. The Labute approximate surface area is 55.5 Å². The van der Waals surface area contributed by atoms with E-state index in [-0.39, 0.29) is 6.04 Å². The van der Waals surface area contributed by atoms with Crippen LogP contribution in [-0.2, 0) is 0 Å². The van der Waals surface area contributed by atoms with Gasteiger partial charge in [0.25, 0.3) is 0 Å². The van der Waals surface area contributed by atoms with E-state index < -0.39 is 0 Å². The Morgan fingerprint density at radius 1 is 1.56 bits per heavy atom. The largest absolute Gasteiger partial charge is 0.307 e. The zero-order valence-corrected chi connectivity index (χ0v) is 5.56. The molecule has 0 heterocycles. The van der Waals surface area contributed by atoms with E-state index in [0.717, 1.165) is 18.6 Å². The van der Waals surface area contributed by atoms with Crippen molar-refractivity contribution in [3.63, 3.8) is 0 Å². The summed E-state index contributed by atoms with van der Waals surface area (Å²) < 4.78 is 0. The lowest BCUT2D eigenvalue weighted by molar-refractivity contribution is 0.607. The van der Waals surface area contributed by atoms with E-state index in [2.05, 4.69) is 11.7 Å². The first kappa shape index (κ1) is 6.46. The molecular formula is C7H12N2. The predicted molar refractivity (Wildman–Crippen MR) is 39.5 cm³/mol. The second-order valence-corrected chi connectivity index (χ2v) is 2.47. The maximum atomic E-state index is 7.41. The van der Waals surface area contributed by atoms with Gasteiger partial charge in [0.15, 0.2) is 0 Å². The first-order valence-corrected chi connectivity index (χ1v) is 3.37. The van der Waals surface area contributed by atoms with Crippen molar-refractivity contribution in [2.75, 3.05) is 0 Å². The van der Waals surface area contributed by atoms with E-state index in [1.807, 2.05) is 0 Å². The lowest BCUT2D eigenvalue weighted by Gasteiger charge is -2.17. The summed E-state index contributed by atoms with van der Waals surface area (Å²) in [5.74, 6) is 0. The van der Waals surface area contributed by atoms with Crippen LogP contribution in [0.1, 0.15) is 25.7 Å². The van der Waals surface area contributed by atoms with Crippen molar-refractivity contribution in [1.29, 1.82) is 5.41 Å². The number of hydrogen-bond donors (Lipinski definition) is 1.